The Balaban J connectivity index is 0.000000411. The first-order valence-electron chi connectivity index (χ1n) is 4.66. The fraction of sp³-hybridized carbons (Fsp3) is 0.300. The predicted octanol–water partition coefficient (Wildman–Crippen LogP) is 2.23. The molecule has 1 aromatic carbocycles. The second kappa shape index (κ2) is 7.07. The maximum Gasteiger partial charge on any atom is 0.416 e. The van der Waals surface area contributed by atoms with E-state index in [0.717, 1.165) is 12.1 Å². The SMILES string of the molecule is CNCC(=O)O.Nc1cc(Cl)cc(C(F)(F)F)c1. The van der Waals surface area contributed by atoms with Crippen LogP contribution in [-0.2, 0) is 11.0 Å². The molecule has 0 heterocycles. The Morgan fingerprint density at radius 3 is 2.28 bits per heavy atom. The smallest absolute Gasteiger partial charge is 0.416 e. The van der Waals surface area contributed by atoms with Gasteiger partial charge in [-0.25, -0.2) is 0 Å². The van der Waals surface area contributed by atoms with Gasteiger partial charge in [0.1, 0.15) is 0 Å². The van der Waals surface area contributed by atoms with Gasteiger partial charge in [0.2, 0.25) is 0 Å². The number of nitrogen functional groups attached to an aromatic ring is 1. The number of halogens is 4. The highest BCUT2D eigenvalue weighted by atomic mass is 35.5. The average Bonchev–Trinajstić information content (AvgIpc) is 2.15. The number of anilines is 1. The lowest BCUT2D eigenvalue weighted by Crippen LogP contribution is -2.16. The highest BCUT2D eigenvalue weighted by Gasteiger charge is 2.30. The van der Waals surface area contributed by atoms with E-state index in [4.69, 9.17) is 22.4 Å². The molecule has 0 aromatic heterocycles. The largest absolute Gasteiger partial charge is 0.480 e. The van der Waals surface area contributed by atoms with Gasteiger partial charge in [-0.1, -0.05) is 11.6 Å². The van der Waals surface area contributed by atoms with Gasteiger partial charge in [-0.2, -0.15) is 13.2 Å². The molecule has 0 amide bonds. The third kappa shape index (κ3) is 6.97. The van der Waals surface area contributed by atoms with Gasteiger partial charge in [-0.3, -0.25) is 4.79 Å². The predicted molar refractivity (Wildman–Crippen MR) is 62.4 cm³/mol. The van der Waals surface area contributed by atoms with Gasteiger partial charge >= 0.3 is 12.1 Å². The van der Waals surface area contributed by atoms with Crippen LogP contribution in [0.3, 0.4) is 0 Å². The average molecular weight is 285 g/mol. The third-order valence-electron chi connectivity index (χ3n) is 1.58. The van der Waals surface area contributed by atoms with Crippen molar-refractivity contribution in [2.45, 2.75) is 6.18 Å². The lowest BCUT2D eigenvalue weighted by atomic mass is 10.2. The molecule has 0 saturated heterocycles. The molecule has 0 atom stereocenters. The van der Waals surface area contributed by atoms with Crippen molar-refractivity contribution in [3.05, 3.63) is 28.8 Å². The zero-order chi connectivity index (χ0) is 14.3. The number of benzene rings is 1. The molecule has 0 fully saturated rings. The molecule has 8 heteroatoms. The number of nitrogens with two attached hydrogens (primary N) is 1. The molecule has 0 aliphatic carbocycles. The Morgan fingerprint density at radius 1 is 1.44 bits per heavy atom. The highest BCUT2D eigenvalue weighted by Crippen LogP contribution is 2.32. The second-order valence-corrected chi connectivity index (χ2v) is 3.63. The van der Waals surface area contributed by atoms with E-state index in [1.54, 1.807) is 7.05 Å². The summed E-state index contributed by atoms with van der Waals surface area (Å²) in [6, 6.07) is 2.93. The van der Waals surface area contributed by atoms with E-state index in [9.17, 15) is 18.0 Å². The van der Waals surface area contributed by atoms with Gasteiger partial charge in [0.25, 0.3) is 0 Å². The van der Waals surface area contributed by atoms with Gasteiger partial charge in [0.15, 0.2) is 0 Å². The number of alkyl halides is 3. The number of rotatable bonds is 2. The number of aliphatic carboxylic acids is 1. The van der Waals surface area contributed by atoms with Crippen LogP contribution in [0.25, 0.3) is 0 Å². The molecule has 102 valence electrons. The van der Waals surface area contributed by atoms with Gasteiger partial charge in [-0.05, 0) is 25.2 Å². The van der Waals surface area contributed by atoms with Crippen LogP contribution in [0.5, 0.6) is 0 Å². The number of carbonyl (C=O) groups is 1. The van der Waals surface area contributed by atoms with Crippen molar-refractivity contribution >= 4 is 23.3 Å². The Kier molecular flexibility index (Phi) is 6.50. The van der Waals surface area contributed by atoms with Crippen molar-refractivity contribution in [1.29, 1.82) is 0 Å². The highest BCUT2D eigenvalue weighted by molar-refractivity contribution is 6.30. The molecule has 0 aliphatic rings. The van der Waals surface area contributed by atoms with E-state index in [1.165, 1.54) is 6.07 Å². The molecule has 0 bridgehead atoms. The quantitative estimate of drug-likeness (QED) is 0.728. The van der Waals surface area contributed by atoms with Crippen molar-refractivity contribution in [2.75, 3.05) is 19.3 Å². The first-order chi connectivity index (χ1) is 8.16. The van der Waals surface area contributed by atoms with Crippen LogP contribution < -0.4 is 11.1 Å². The topological polar surface area (TPSA) is 75.3 Å². The maximum absolute atomic E-state index is 12.0. The maximum atomic E-state index is 12.0. The van der Waals surface area contributed by atoms with Crippen LogP contribution in [-0.4, -0.2) is 24.7 Å². The van der Waals surface area contributed by atoms with Crippen LogP contribution >= 0.6 is 11.6 Å². The van der Waals surface area contributed by atoms with Gasteiger partial charge in [-0.15, -0.1) is 0 Å². The summed E-state index contributed by atoms with van der Waals surface area (Å²) in [4.78, 5) is 9.54. The fourth-order valence-corrected chi connectivity index (χ4v) is 1.17. The van der Waals surface area contributed by atoms with E-state index in [2.05, 4.69) is 5.32 Å². The lowest BCUT2D eigenvalue weighted by Gasteiger charge is -2.07. The number of carboxylic acid groups (broad SMARTS) is 1. The van der Waals surface area contributed by atoms with Crippen molar-refractivity contribution in [1.82, 2.24) is 5.32 Å². The molecule has 4 nitrogen and oxygen atoms in total. The van der Waals surface area contributed by atoms with E-state index in [1.807, 2.05) is 0 Å². The van der Waals surface area contributed by atoms with E-state index >= 15 is 0 Å². The zero-order valence-corrected chi connectivity index (χ0v) is 10.1. The summed E-state index contributed by atoms with van der Waals surface area (Å²) in [5, 5.41) is 10.3. The van der Waals surface area contributed by atoms with Crippen molar-refractivity contribution in [3.8, 4) is 0 Å². The van der Waals surface area contributed by atoms with Crippen LogP contribution in [0.15, 0.2) is 18.2 Å². The molecule has 1 rings (SSSR count). The van der Waals surface area contributed by atoms with E-state index in [0.29, 0.717) is 0 Å². The zero-order valence-electron chi connectivity index (χ0n) is 9.38. The van der Waals surface area contributed by atoms with Gasteiger partial charge in [0.05, 0.1) is 12.1 Å². The molecule has 0 saturated carbocycles. The number of carboxylic acids is 1. The van der Waals surface area contributed by atoms with Crippen LogP contribution in [0, 0.1) is 0 Å². The Hall–Kier alpha value is -1.47. The lowest BCUT2D eigenvalue weighted by molar-refractivity contribution is -0.137. The summed E-state index contributed by atoms with van der Waals surface area (Å²) in [6.07, 6.45) is -4.39. The fourth-order valence-electron chi connectivity index (χ4n) is 0.927. The van der Waals surface area contributed by atoms with Gasteiger partial charge < -0.3 is 16.2 Å². The van der Waals surface area contributed by atoms with Crippen molar-refractivity contribution in [2.24, 2.45) is 0 Å². The minimum absolute atomic E-state index is 0.00910. The van der Waals surface area contributed by atoms with Crippen LogP contribution in [0.1, 0.15) is 5.56 Å². The molecule has 0 aliphatic heterocycles. The molecule has 0 spiro atoms. The monoisotopic (exact) mass is 284 g/mol. The number of nitrogens with one attached hydrogen (secondary N) is 1. The Morgan fingerprint density at radius 2 is 2.00 bits per heavy atom. The summed E-state index contributed by atoms with van der Waals surface area (Å²) in [7, 11) is 1.59. The molecule has 4 N–H and O–H groups in total. The third-order valence-corrected chi connectivity index (χ3v) is 1.79. The van der Waals surface area contributed by atoms with Crippen LogP contribution in [0.4, 0.5) is 18.9 Å². The van der Waals surface area contributed by atoms with Crippen molar-refractivity contribution in [3.63, 3.8) is 0 Å². The summed E-state index contributed by atoms with van der Waals surface area (Å²) < 4.78 is 36.1. The minimum Gasteiger partial charge on any atom is -0.480 e. The second-order valence-electron chi connectivity index (χ2n) is 3.20. The summed E-state index contributed by atoms with van der Waals surface area (Å²) in [6.45, 7) is 0.0417. The Labute approximate surface area is 107 Å². The molecular weight excluding hydrogens is 273 g/mol. The minimum atomic E-state index is -4.39. The molecule has 18 heavy (non-hydrogen) atoms. The van der Waals surface area contributed by atoms with Gasteiger partial charge in [0, 0.05) is 10.7 Å². The summed E-state index contributed by atoms with van der Waals surface area (Å²) >= 11 is 5.38. The first kappa shape index (κ1) is 16.5. The van der Waals surface area contributed by atoms with E-state index < -0.39 is 17.7 Å². The van der Waals surface area contributed by atoms with Crippen molar-refractivity contribution < 1.29 is 23.1 Å². The number of likely N-dealkylation sites (N-methyl/N-ethyl adjacent to an activating group) is 1. The van der Waals surface area contributed by atoms with Crippen LogP contribution in [0.2, 0.25) is 5.02 Å². The van der Waals surface area contributed by atoms with E-state index in [-0.39, 0.29) is 17.3 Å². The number of hydrogen-bond acceptors (Lipinski definition) is 3. The molecule has 0 radical (unpaired) electrons. The standard InChI is InChI=1S/C7H5ClF3N.C3H7NO2/c8-5-1-4(7(9,10)11)2-6(12)3-5;1-4-2-3(5)6/h1-3H,12H2;4H,2H2,1H3,(H,5,6). The normalized spacial score (nSPS) is 10.5. The molecule has 1 aromatic rings. The molecule has 0 unspecified atom stereocenters. The summed E-state index contributed by atoms with van der Waals surface area (Å²) in [5.41, 5.74) is 4.35. The first-order valence-corrected chi connectivity index (χ1v) is 5.04. The summed E-state index contributed by atoms with van der Waals surface area (Å²) in [5.74, 6) is -0.822. The number of hydrogen-bond donors (Lipinski definition) is 3. The molecular formula is C10H12ClF3N2O2. The Bertz CT molecular complexity index is 390.